The molecule has 0 aromatic heterocycles. The predicted molar refractivity (Wildman–Crippen MR) is 127 cm³/mol. The van der Waals surface area contributed by atoms with Gasteiger partial charge in [-0.25, -0.2) is 8.42 Å². The van der Waals surface area contributed by atoms with Crippen LogP contribution in [0.15, 0.2) is 18.2 Å². The highest BCUT2D eigenvalue weighted by Gasteiger charge is 2.30. The highest BCUT2D eigenvalue weighted by Crippen LogP contribution is 2.27. The zero-order valence-electron chi connectivity index (χ0n) is 20.5. The molecule has 0 fully saturated rings. The zero-order valence-corrected chi connectivity index (χ0v) is 21.3. The van der Waals surface area contributed by atoms with Gasteiger partial charge in [0.2, 0.25) is 15.9 Å². The summed E-state index contributed by atoms with van der Waals surface area (Å²) in [5.41, 5.74) is 0.494. The van der Waals surface area contributed by atoms with Crippen LogP contribution in [0.3, 0.4) is 0 Å². The summed E-state index contributed by atoms with van der Waals surface area (Å²) >= 11 is 0. The molecule has 1 N–H and O–H groups in total. The second kappa shape index (κ2) is 11.2. The number of rotatable bonds is 5. The molecule has 0 unspecified atom stereocenters. The zero-order chi connectivity index (χ0) is 24.9. The molecule has 0 saturated heterocycles. The molecule has 0 bridgehead atoms. The number of carbonyl (C=O) groups excluding carboxylic acids is 2. The molecule has 1 aromatic carbocycles. The molecule has 0 saturated carbocycles. The number of hydrogen-bond acceptors (Lipinski definition) is 7. The maximum atomic E-state index is 13.3. The first-order valence-electron chi connectivity index (χ1n) is 10.8. The quantitative estimate of drug-likeness (QED) is 0.663. The van der Waals surface area contributed by atoms with Crippen LogP contribution in [0.5, 0.6) is 5.75 Å². The number of benzene rings is 1. The van der Waals surface area contributed by atoms with E-state index in [-0.39, 0.29) is 54.3 Å². The summed E-state index contributed by atoms with van der Waals surface area (Å²) in [5.74, 6) is -0.0614. The minimum Gasteiger partial charge on any atom is -0.491 e. The Morgan fingerprint density at radius 1 is 1.27 bits per heavy atom. The lowest BCUT2D eigenvalue weighted by atomic mass is 10.0. The lowest BCUT2D eigenvalue weighted by molar-refractivity contribution is -0.136. The van der Waals surface area contributed by atoms with Crippen molar-refractivity contribution in [1.82, 2.24) is 14.7 Å². The van der Waals surface area contributed by atoms with Gasteiger partial charge in [-0.1, -0.05) is 6.92 Å². The van der Waals surface area contributed by atoms with Gasteiger partial charge in [0.1, 0.15) is 12.4 Å². The summed E-state index contributed by atoms with van der Waals surface area (Å²) in [6, 6.07) is 4.31. The summed E-state index contributed by atoms with van der Waals surface area (Å²) in [4.78, 5) is 31.4. The summed E-state index contributed by atoms with van der Waals surface area (Å²) in [5, 5.41) is 0. The first kappa shape index (κ1) is 26.9. The lowest BCUT2D eigenvalue weighted by Gasteiger charge is -2.36. The Kier molecular flexibility index (Phi) is 9.10. The van der Waals surface area contributed by atoms with E-state index in [9.17, 15) is 18.0 Å². The Hall–Kier alpha value is -2.37. The molecule has 0 spiro atoms. The Morgan fingerprint density at radius 2 is 1.94 bits per heavy atom. The largest absolute Gasteiger partial charge is 0.491 e. The van der Waals surface area contributed by atoms with Crippen LogP contribution < -0.4 is 9.46 Å². The Morgan fingerprint density at radius 3 is 2.52 bits per heavy atom. The topological polar surface area (TPSA) is 108 Å². The average molecular weight is 485 g/mol. The van der Waals surface area contributed by atoms with E-state index in [0.717, 1.165) is 6.26 Å². The van der Waals surface area contributed by atoms with E-state index in [4.69, 9.17) is 9.47 Å². The molecule has 1 aliphatic rings. The molecule has 1 aromatic rings. The van der Waals surface area contributed by atoms with Crippen LogP contribution in [-0.4, -0.2) is 108 Å². The van der Waals surface area contributed by atoms with Crippen molar-refractivity contribution in [3.05, 3.63) is 23.8 Å². The molecule has 11 heteroatoms. The van der Waals surface area contributed by atoms with Gasteiger partial charge in [0, 0.05) is 38.9 Å². The van der Waals surface area contributed by atoms with Gasteiger partial charge >= 0.3 is 0 Å². The summed E-state index contributed by atoms with van der Waals surface area (Å²) in [6.07, 6.45) is 0.740. The van der Waals surface area contributed by atoms with Gasteiger partial charge < -0.3 is 24.2 Å². The first-order chi connectivity index (χ1) is 15.3. The van der Waals surface area contributed by atoms with E-state index in [1.807, 2.05) is 32.8 Å². The highest BCUT2D eigenvalue weighted by atomic mass is 32.2. The lowest BCUT2D eigenvalue weighted by Crippen LogP contribution is -2.50. The third-order valence-corrected chi connectivity index (χ3v) is 6.13. The molecular weight excluding hydrogens is 448 g/mol. The third-order valence-electron chi connectivity index (χ3n) is 5.52. The second-order valence-electron chi connectivity index (χ2n) is 8.97. The fourth-order valence-corrected chi connectivity index (χ4v) is 4.32. The van der Waals surface area contributed by atoms with Crippen LogP contribution >= 0.6 is 0 Å². The number of fused-ring (bicyclic) bond motifs is 1. The maximum Gasteiger partial charge on any atom is 0.257 e. The van der Waals surface area contributed by atoms with Crippen LogP contribution in [-0.2, 0) is 19.6 Å². The Bertz CT molecular complexity index is 952. The molecule has 1 aliphatic heterocycles. The number of nitrogens with one attached hydrogen (secondary N) is 1. The Balaban J connectivity index is 2.47. The molecule has 0 aliphatic carbocycles. The van der Waals surface area contributed by atoms with Crippen molar-refractivity contribution in [2.24, 2.45) is 5.92 Å². The van der Waals surface area contributed by atoms with Crippen LogP contribution in [0, 0.1) is 5.92 Å². The van der Waals surface area contributed by atoms with Crippen molar-refractivity contribution < 1.29 is 27.5 Å². The van der Waals surface area contributed by atoms with Crippen LogP contribution in [0.2, 0.25) is 0 Å². The van der Waals surface area contributed by atoms with Crippen LogP contribution in [0.4, 0.5) is 5.69 Å². The SMILES string of the molecule is CO[C@@H]1CN(C)C(=O)c2cc(NS(C)(=O)=O)ccc2OC[C@@H](C)N(C(=O)CN(C)C)C[C@@H]1C. The van der Waals surface area contributed by atoms with Gasteiger partial charge in [-0.2, -0.15) is 0 Å². The fourth-order valence-electron chi connectivity index (χ4n) is 3.76. The summed E-state index contributed by atoms with van der Waals surface area (Å²) in [7, 11) is 3.42. The van der Waals surface area contributed by atoms with Gasteiger partial charge in [-0.15, -0.1) is 0 Å². The predicted octanol–water partition coefficient (Wildman–Crippen LogP) is 0.952. The third kappa shape index (κ3) is 7.58. The van der Waals surface area contributed by atoms with Crippen LogP contribution in [0.1, 0.15) is 24.2 Å². The number of methoxy groups -OCH3 is 1. The maximum absolute atomic E-state index is 13.3. The fraction of sp³-hybridized carbons (Fsp3) is 0.636. The highest BCUT2D eigenvalue weighted by molar-refractivity contribution is 7.92. The average Bonchev–Trinajstić information content (AvgIpc) is 2.71. The number of carbonyl (C=O) groups is 2. The van der Waals surface area contributed by atoms with E-state index in [2.05, 4.69) is 4.72 Å². The van der Waals surface area contributed by atoms with Gasteiger partial charge in [-0.05, 0) is 39.2 Å². The monoisotopic (exact) mass is 484 g/mol. The van der Waals surface area contributed by atoms with E-state index in [0.29, 0.717) is 18.8 Å². The number of hydrogen-bond donors (Lipinski definition) is 1. The molecular formula is C22H36N4O6S. The van der Waals surface area contributed by atoms with Gasteiger partial charge in [0.15, 0.2) is 0 Å². The van der Waals surface area contributed by atoms with Crippen molar-refractivity contribution >= 4 is 27.5 Å². The van der Waals surface area contributed by atoms with Crippen LogP contribution in [0.25, 0.3) is 0 Å². The number of ether oxygens (including phenoxy) is 2. The summed E-state index contributed by atoms with van der Waals surface area (Å²) < 4.78 is 37.4. The molecule has 1 heterocycles. The number of anilines is 1. The van der Waals surface area contributed by atoms with E-state index in [1.165, 1.54) is 11.0 Å². The Labute approximate surface area is 196 Å². The minimum atomic E-state index is -3.51. The van der Waals surface area contributed by atoms with Crippen molar-refractivity contribution in [3.63, 3.8) is 0 Å². The molecule has 0 radical (unpaired) electrons. The van der Waals surface area contributed by atoms with E-state index < -0.39 is 10.0 Å². The van der Waals surface area contributed by atoms with Gasteiger partial charge in [0.25, 0.3) is 5.91 Å². The molecule has 10 nitrogen and oxygen atoms in total. The number of sulfonamides is 1. The first-order valence-corrected chi connectivity index (χ1v) is 12.7. The van der Waals surface area contributed by atoms with Crippen molar-refractivity contribution in [2.45, 2.75) is 26.0 Å². The second-order valence-corrected chi connectivity index (χ2v) is 10.7. The molecule has 186 valence electrons. The number of nitrogens with zero attached hydrogens (tertiary/aromatic N) is 3. The van der Waals surface area contributed by atoms with Gasteiger partial charge in [0.05, 0.1) is 30.5 Å². The smallest absolute Gasteiger partial charge is 0.257 e. The van der Waals surface area contributed by atoms with Crippen molar-refractivity contribution in [1.29, 1.82) is 0 Å². The van der Waals surface area contributed by atoms with E-state index in [1.54, 1.807) is 31.2 Å². The number of amides is 2. The molecule has 2 rings (SSSR count). The molecule has 33 heavy (non-hydrogen) atoms. The standard InChI is InChI=1S/C22H36N4O6S/c1-15-11-26(21(27)13-24(3)4)16(2)14-32-19-9-8-17(23-33(7,29)30)10-18(19)22(28)25(5)12-20(15)31-6/h8-10,15-16,20,23H,11-14H2,1-7H3/t15-,16+,20+/m0/s1. The molecule has 2 amide bonds. The van der Waals surface area contributed by atoms with Crippen molar-refractivity contribution in [3.8, 4) is 5.75 Å². The van der Waals surface area contributed by atoms with Crippen molar-refractivity contribution in [2.75, 3.05) is 65.5 Å². The summed E-state index contributed by atoms with van der Waals surface area (Å²) in [6.45, 7) is 5.09. The van der Waals surface area contributed by atoms with E-state index >= 15 is 0 Å². The molecule has 3 atom stereocenters. The van der Waals surface area contributed by atoms with Gasteiger partial charge in [-0.3, -0.25) is 14.3 Å². The minimum absolute atomic E-state index is 0.0211. The number of likely N-dealkylation sites (N-methyl/N-ethyl adjacent to an activating group) is 2. The normalized spacial score (nSPS) is 22.8.